The number of pyridine rings is 1. The molecule has 0 fully saturated rings. The van der Waals surface area contributed by atoms with Crippen molar-refractivity contribution in [3.8, 4) is 0 Å². The highest BCUT2D eigenvalue weighted by Gasteiger charge is 2.05. The van der Waals surface area contributed by atoms with Crippen molar-refractivity contribution in [2.24, 2.45) is 5.92 Å². The summed E-state index contributed by atoms with van der Waals surface area (Å²) in [6, 6.07) is 5.62. The first kappa shape index (κ1) is 12.0. The Bertz CT molecular complexity index is 339. The van der Waals surface area contributed by atoms with E-state index in [2.05, 4.69) is 10.3 Å². The molecule has 0 spiro atoms. The van der Waals surface area contributed by atoms with Gasteiger partial charge in [0.2, 0.25) is 5.91 Å². The maximum atomic E-state index is 11.5. The Kier molecular flexibility index (Phi) is 4.62. The molecule has 1 aromatic rings. The number of nitrogens with one attached hydrogen (secondary N) is 1. The van der Waals surface area contributed by atoms with Crippen molar-refractivity contribution in [2.45, 2.75) is 25.3 Å². The van der Waals surface area contributed by atoms with Crippen molar-refractivity contribution >= 4 is 23.5 Å². The predicted octanol–water partition coefficient (Wildman–Crippen LogP) is 2.79. The number of carbonyl (C=O) groups is 1. The Morgan fingerprint density at radius 1 is 1.53 bits per heavy atom. The number of rotatable bonds is 4. The third kappa shape index (κ3) is 4.34. The molecule has 4 heteroatoms. The topological polar surface area (TPSA) is 42.0 Å². The van der Waals surface area contributed by atoms with Crippen molar-refractivity contribution in [3.63, 3.8) is 0 Å². The minimum absolute atomic E-state index is 0.0238. The summed E-state index contributed by atoms with van der Waals surface area (Å²) in [5, 5.41) is 3.70. The second kappa shape index (κ2) is 5.75. The lowest BCUT2D eigenvalue weighted by Gasteiger charge is -2.06. The van der Waals surface area contributed by atoms with E-state index in [0.717, 1.165) is 5.03 Å². The van der Waals surface area contributed by atoms with Gasteiger partial charge < -0.3 is 5.32 Å². The third-order valence-corrected chi connectivity index (χ3v) is 2.44. The number of hydrogen-bond donors (Lipinski definition) is 1. The standard InChI is InChI=1S/C11H16N2OS/c1-8(2)7-10(14)12-9-5-4-6-11(13-9)15-3/h4-6,8H,7H2,1-3H3,(H,12,13,14). The smallest absolute Gasteiger partial charge is 0.225 e. The van der Waals surface area contributed by atoms with Gasteiger partial charge in [0.15, 0.2) is 0 Å². The summed E-state index contributed by atoms with van der Waals surface area (Å²) in [5.41, 5.74) is 0. The van der Waals surface area contributed by atoms with Crippen LogP contribution in [0.3, 0.4) is 0 Å². The summed E-state index contributed by atoms with van der Waals surface area (Å²) in [6.45, 7) is 4.04. The number of anilines is 1. The van der Waals surface area contributed by atoms with Crippen LogP contribution in [0.1, 0.15) is 20.3 Å². The molecule has 0 aliphatic rings. The summed E-state index contributed by atoms with van der Waals surface area (Å²) in [7, 11) is 0. The van der Waals surface area contributed by atoms with Gasteiger partial charge in [-0.2, -0.15) is 0 Å². The SMILES string of the molecule is CSc1cccc(NC(=O)CC(C)C)n1. The van der Waals surface area contributed by atoms with E-state index in [1.54, 1.807) is 17.8 Å². The molecular formula is C11H16N2OS. The fourth-order valence-corrected chi connectivity index (χ4v) is 1.57. The van der Waals surface area contributed by atoms with Crippen molar-refractivity contribution in [1.82, 2.24) is 4.98 Å². The lowest BCUT2D eigenvalue weighted by molar-refractivity contribution is -0.116. The van der Waals surface area contributed by atoms with Crippen molar-refractivity contribution < 1.29 is 4.79 Å². The Morgan fingerprint density at radius 3 is 2.87 bits per heavy atom. The third-order valence-electron chi connectivity index (χ3n) is 1.79. The average molecular weight is 224 g/mol. The zero-order valence-electron chi connectivity index (χ0n) is 9.28. The molecule has 0 unspecified atom stereocenters. The van der Waals surface area contributed by atoms with E-state index in [4.69, 9.17) is 0 Å². The molecule has 0 bridgehead atoms. The molecule has 0 saturated carbocycles. The minimum Gasteiger partial charge on any atom is -0.311 e. The lowest BCUT2D eigenvalue weighted by atomic mass is 10.1. The molecule has 1 rings (SSSR count). The molecular weight excluding hydrogens is 208 g/mol. The van der Waals surface area contributed by atoms with E-state index in [1.807, 2.05) is 32.2 Å². The molecule has 0 aliphatic heterocycles. The molecule has 15 heavy (non-hydrogen) atoms. The number of hydrogen-bond acceptors (Lipinski definition) is 3. The van der Waals surface area contributed by atoms with Crippen LogP contribution in [0.15, 0.2) is 23.2 Å². The molecule has 1 N–H and O–H groups in total. The van der Waals surface area contributed by atoms with Crippen LogP contribution >= 0.6 is 11.8 Å². The largest absolute Gasteiger partial charge is 0.311 e. The average Bonchev–Trinajstić information content (AvgIpc) is 2.16. The molecule has 0 radical (unpaired) electrons. The molecule has 0 aromatic carbocycles. The fraction of sp³-hybridized carbons (Fsp3) is 0.455. The van der Waals surface area contributed by atoms with E-state index >= 15 is 0 Å². The van der Waals surface area contributed by atoms with Crippen LogP contribution in [-0.4, -0.2) is 17.1 Å². The first-order valence-corrected chi connectivity index (χ1v) is 6.15. The zero-order valence-corrected chi connectivity index (χ0v) is 10.1. The number of nitrogens with zero attached hydrogens (tertiary/aromatic N) is 1. The van der Waals surface area contributed by atoms with Gasteiger partial charge in [-0.3, -0.25) is 4.79 Å². The molecule has 1 amide bonds. The number of carbonyl (C=O) groups excluding carboxylic acids is 1. The van der Waals surface area contributed by atoms with Gasteiger partial charge in [-0.1, -0.05) is 19.9 Å². The molecule has 82 valence electrons. The van der Waals surface area contributed by atoms with E-state index in [1.165, 1.54) is 0 Å². The Morgan fingerprint density at radius 2 is 2.27 bits per heavy atom. The summed E-state index contributed by atoms with van der Waals surface area (Å²) < 4.78 is 0. The van der Waals surface area contributed by atoms with Crippen LogP contribution in [0.2, 0.25) is 0 Å². The van der Waals surface area contributed by atoms with Crippen LogP contribution in [0.25, 0.3) is 0 Å². The second-order valence-corrected chi connectivity index (χ2v) is 4.54. The van der Waals surface area contributed by atoms with Crippen LogP contribution in [0.4, 0.5) is 5.82 Å². The summed E-state index contributed by atoms with van der Waals surface area (Å²) in [5.74, 6) is 1.02. The van der Waals surface area contributed by atoms with Crippen molar-refractivity contribution in [3.05, 3.63) is 18.2 Å². The minimum atomic E-state index is 0.0238. The highest BCUT2D eigenvalue weighted by molar-refractivity contribution is 7.98. The highest BCUT2D eigenvalue weighted by Crippen LogP contribution is 2.14. The van der Waals surface area contributed by atoms with Crippen LogP contribution in [0.5, 0.6) is 0 Å². The van der Waals surface area contributed by atoms with E-state index in [9.17, 15) is 4.79 Å². The summed E-state index contributed by atoms with van der Waals surface area (Å²) in [4.78, 5) is 15.7. The Balaban J connectivity index is 2.60. The van der Waals surface area contributed by atoms with E-state index in [-0.39, 0.29) is 5.91 Å². The first-order valence-electron chi connectivity index (χ1n) is 4.92. The Hall–Kier alpha value is -1.03. The number of amides is 1. The normalized spacial score (nSPS) is 10.4. The molecule has 0 saturated heterocycles. The lowest BCUT2D eigenvalue weighted by Crippen LogP contribution is -2.14. The molecule has 1 heterocycles. The quantitative estimate of drug-likeness (QED) is 0.800. The number of thioether (sulfide) groups is 1. The van der Waals surface area contributed by atoms with E-state index < -0.39 is 0 Å². The number of aromatic nitrogens is 1. The first-order chi connectivity index (χ1) is 7.11. The van der Waals surface area contributed by atoms with Crippen LogP contribution in [0, 0.1) is 5.92 Å². The molecule has 3 nitrogen and oxygen atoms in total. The maximum absolute atomic E-state index is 11.5. The molecule has 0 atom stereocenters. The maximum Gasteiger partial charge on any atom is 0.225 e. The second-order valence-electron chi connectivity index (χ2n) is 3.71. The Labute approximate surface area is 94.7 Å². The van der Waals surface area contributed by atoms with Crippen LogP contribution in [-0.2, 0) is 4.79 Å². The van der Waals surface area contributed by atoms with Gasteiger partial charge >= 0.3 is 0 Å². The fourth-order valence-electron chi connectivity index (χ4n) is 1.16. The van der Waals surface area contributed by atoms with Gasteiger partial charge in [-0.15, -0.1) is 11.8 Å². The van der Waals surface area contributed by atoms with Gasteiger partial charge in [0, 0.05) is 6.42 Å². The monoisotopic (exact) mass is 224 g/mol. The van der Waals surface area contributed by atoms with E-state index in [0.29, 0.717) is 18.2 Å². The van der Waals surface area contributed by atoms with Gasteiger partial charge in [0.05, 0.1) is 5.03 Å². The van der Waals surface area contributed by atoms with Crippen molar-refractivity contribution in [2.75, 3.05) is 11.6 Å². The van der Waals surface area contributed by atoms with Gasteiger partial charge in [-0.05, 0) is 24.3 Å². The predicted molar refractivity (Wildman–Crippen MR) is 64.1 cm³/mol. The van der Waals surface area contributed by atoms with Gasteiger partial charge in [0.1, 0.15) is 5.82 Å². The molecule has 0 aliphatic carbocycles. The van der Waals surface area contributed by atoms with Gasteiger partial charge in [0.25, 0.3) is 0 Å². The molecule has 1 aromatic heterocycles. The summed E-state index contributed by atoms with van der Waals surface area (Å²) >= 11 is 1.56. The van der Waals surface area contributed by atoms with Crippen LogP contribution < -0.4 is 5.32 Å². The van der Waals surface area contributed by atoms with Gasteiger partial charge in [-0.25, -0.2) is 4.98 Å². The zero-order chi connectivity index (χ0) is 11.3. The highest BCUT2D eigenvalue weighted by atomic mass is 32.2. The van der Waals surface area contributed by atoms with Crippen molar-refractivity contribution in [1.29, 1.82) is 0 Å². The summed E-state index contributed by atoms with van der Waals surface area (Å²) in [6.07, 6.45) is 2.49.